The SMILES string of the molecule is O=C(C[C@@H]1C[C@@H]2CC[C@@H]1C2)NCCSCc1ccc(Br)s1. The van der Waals surface area contributed by atoms with Crippen LogP contribution >= 0.6 is 39.0 Å². The van der Waals surface area contributed by atoms with Crippen LogP contribution in [0.25, 0.3) is 0 Å². The summed E-state index contributed by atoms with van der Waals surface area (Å²) >= 11 is 7.16. The van der Waals surface area contributed by atoms with Crippen molar-refractivity contribution in [2.45, 2.75) is 37.9 Å². The van der Waals surface area contributed by atoms with E-state index in [1.807, 2.05) is 11.8 Å². The fourth-order valence-electron chi connectivity index (χ4n) is 3.80. The van der Waals surface area contributed by atoms with Crippen molar-refractivity contribution < 1.29 is 4.79 Å². The molecule has 21 heavy (non-hydrogen) atoms. The molecule has 2 saturated carbocycles. The largest absolute Gasteiger partial charge is 0.355 e. The number of nitrogens with one attached hydrogen (secondary N) is 1. The fourth-order valence-corrected chi connectivity index (χ4v) is 6.25. The Balaban J connectivity index is 1.26. The van der Waals surface area contributed by atoms with Crippen LogP contribution in [0.5, 0.6) is 0 Å². The first-order valence-corrected chi connectivity index (χ1v) is 10.6. The number of thiophene rings is 1. The summed E-state index contributed by atoms with van der Waals surface area (Å²) in [4.78, 5) is 13.4. The van der Waals surface area contributed by atoms with Crippen molar-refractivity contribution in [1.29, 1.82) is 0 Å². The van der Waals surface area contributed by atoms with E-state index in [0.717, 1.165) is 36.3 Å². The van der Waals surface area contributed by atoms with Gasteiger partial charge in [0.05, 0.1) is 3.79 Å². The van der Waals surface area contributed by atoms with Gasteiger partial charge in [0.25, 0.3) is 0 Å². The summed E-state index contributed by atoms with van der Waals surface area (Å²) in [5.41, 5.74) is 0. The van der Waals surface area contributed by atoms with Crippen LogP contribution in [0.4, 0.5) is 0 Å². The van der Waals surface area contributed by atoms with Gasteiger partial charge in [0.1, 0.15) is 0 Å². The number of carbonyl (C=O) groups is 1. The molecule has 3 rings (SSSR count). The van der Waals surface area contributed by atoms with Gasteiger partial charge in [-0.2, -0.15) is 11.8 Å². The zero-order valence-electron chi connectivity index (χ0n) is 12.1. The smallest absolute Gasteiger partial charge is 0.220 e. The second-order valence-corrected chi connectivity index (χ2v) is 9.90. The molecule has 2 fully saturated rings. The molecule has 0 unspecified atom stereocenters. The molecule has 0 radical (unpaired) electrons. The third-order valence-corrected chi connectivity index (χ3v) is 7.59. The highest BCUT2D eigenvalue weighted by molar-refractivity contribution is 9.11. The van der Waals surface area contributed by atoms with Gasteiger partial charge in [0.2, 0.25) is 5.91 Å². The van der Waals surface area contributed by atoms with Crippen molar-refractivity contribution in [3.05, 3.63) is 20.8 Å². The Morgan fingerprint density at radius 2 is 2.29 bits per heavy atom. The third kappa shape index (κ3) is 4.49. The number of amides is 1. The molecule has 2 aliphatic carbocycles. The molecule has 3 atom stereocenters. The summed E-state index contributed by atoms with van der Waals surface area (Å²) in [7, 11) is 0. The van der Waals surface area contributed by atoms with Crippen LogP contribution in [-0.4, -0.2) is 18.2 Å². The Bertz CT molecular complexity index is 490. The van der Waals surface area contributed by atoms with E-state index in [1.165, 1.54) is 34.3 Å². The Morgan fingerprint density at radius 1 is 1.38 bits per heavy atom. The average molecular weight is 388 g/mol. The van der Waals surface area contributed by atoms with Crippen molar-refractivity contribution in [3.63, 3.8) is 0 Å². The first-order chi connectivity index (χ1) is 10.2. The number of halogens is 1. The Kier molecular flexibility index (Phi) is 5.68. The lowest BCUT2D eigenvalue weighted by atomic mass is 9.86. The minimum atomic E-state index is 0.270. The zero-order chi connectivity index (χ0) is 14.7. The van der Waals surface area contributed by atoms with Gasteiger partial charge < -0.3 is 5.32 Å². The maximum atomic E-state index is 12.0. The van der Waals surface area contributed by atoms with Crippen molar-refractivity contribution in [1.82, 2.24) is 5.32 Å². The van der Waals surface area contributed by atoms with Gasteiger partial charge >= 0.3 is 0 Å². The van der Waals surface area contributed by atoms with Crippen LogP contribution in [0, 0.1) is 17.8 Å². The molecule has 0 aromatic carbocycles. The molecule has 5 heteroatoms. The second-order valence-electron chi connectivity index (χ2n) is 6.25. The lowest BCUT2D eigenvalue weighted by Gasteiger charge is -2.20. The van der Waals surface area contributed by atoms with Crippen LogP contribution in [-0.2, 0) is 10.5 Å². The van der Waals surface area contributed by atoms with Crippen molar-refractivity contribution in [2.24, 2.45) is 17.8 Å². The maximum absolute atomic E-state index is 12.0. The first-order valence-electron chi connectivity index (χ1n) is 7.79. The maximum Gasteiger partial charge on any atom is 0.220 e. The Labute approximate surface area is 143 Å². The molecule has 1 amide bonds. The summed E-state index contributed by atoms with van der Waals surface area (Å²) < 4.78 is 1.19. The summed E-state index contributed by atoms with van der Waals surface area (Å²) in [6, 6.07) is 4.26. The number of carbonyl (C=O) groups excluding carboxylic acids is 1. The van der Waals surface area contributed by atoms with Gasteiger partial charge in [-0.1, -0.05) is 6.42 Å². The van der Waals surface area contributed by atoms with Crippen LogP contribution in [0.1, 0.15) is 37.0 Å². The number of rotatable bonds is 7. The predicted molar refractivity (Wildman–Crippen MR) is 94.7 cm³/mol. The van der Waals surface area contributed by atoms with E-state index < -0.39 is 0 Å². The van der Waals surface area contributed by atoms with Gasteiger partial charge in [-0.3, -0.25) is 4.79 Å². The molecule has 1 N–H and O–H groups in total. The van der Waals surface area contributed by atoms with E-state index in [1.54, 1.807) is 11.3 Å². The molecule has 1 aromatic rings. The van der Waals surface area contributed by atoms with Gasteiger partial charge in [-0.25, -0.2) is 0 Å². The molecular weight excluding hydrogens is 366 g/mol. The Hall–Kier alpha value is -0.0000000000000000833. The van der Waals surface area contributed by atoms with Crippen LogP contribution < -0.4 is 5.32 Å². The van der Waals surface area contributed by atoms with Crippen molar-refractivity contribution in [2.75, 3.05) is 12.3 Å². The lowest BCUT2D eigenvalue weighted by molar-refractivity contribution is -0.122. The molecule has 2 bridgehead atoms. The summed E-state index contributed by atoms with van der Waals surface area (Å²) in [6.07, 6.45) is 6.25. The van der Waals surface area contributed by atoms with Crippen molar-refractivity contribution in [3.8, 4) is 0 Å². The molecule has 2 aliphatic rings. The Morgan fingerprint density at radius 3 is 2.95 bits per heavy atom. The van der Waals surface area contributed by atoms with Gasteiger partial charge in [0, 0.05) is 29.3 Å². The molecule has 0 saturated heterocycles. The van der Waals surface area contributed by atoms with Crippen LogP contribution in [0.15, 0.2) is 15.9 Å². The van der Waals surface area contributed by atoms with E-state index in [2.05, 4.69) is 33.4 Å². The van der Waals surface area contributed by atoms with Crippen molar-refractivity contribution >= 4 is 44.9 Å². The second kappa shape index (κ2) is 7.51. The minimum Gasteiger partial charge on any atom is -0.355 e. The highest BCUT2D eigenvalue weighted by Gasteiger charge is 2.39. The molecule has 2 nitrogen and oxygen atoms in total. The monoisotopic (exact) mass is 387 g/mol. The summed E-state index contributed by atoms with van der Waals surface area (Å²) in [6.45, 7) is 0.802. The summed E-state index contributed by atoms with van der Waals surface area (Å²) in [5, 5.41) is 3.09. The molecule has 1 aromatic heterocycles. The highest BCUT2D eigenvalue weighted by atomic mass is 79.9. The normalized spacial score (nSPS) is 27.2. The minimum absolute atomic E-state index is 0.270. The molecule has 0 aliphatic heterocycles. The summed E-state index contributed by atoms with van der Waals surface area (Å²) in [5.74, 6) is 4.78. The van der Waals surface area contributed by atoms with E-state index in [-0.39, 0.29) is 5.91 Å². The number of fused-ring (bicyclic) bond motifs is 2. The van der Waals surface area contributed by atoms with Gasteiger partial charge in [0.15, 0.2) is 0 Å². The lowest BCUT2D eigenvalue weighted by Crippen LogP contribution is -2.29. The molecule has 1 heterocycles. The highest BCUT2D eigenvalue weighted by Crippen LogP contribution is 2.49. The van der Waals surface area contributed by atoms with E-state index in [9.17, 15) is 4.79 Å². The standard InChI is InChI=1S/C16H22BrNOS2/c17-15-4-3-14(21-15)10-20-6-5-18-16(19)9-13-8-11-1-2-12(13)7-11/h3-4,11-13H,1-2,5-10H2,(H,18,19)/t11-,12-,13+/m1/s1. The third-order valence-electron chi connectivity index (χ3n) is 4.77. The quantitative estimate of drug-likeness (QED) is 0.687. The van der Waals surface area contributed by atoms with E-state index in [0.29, 0.717) is 5.92 Å². The number of thioether (sulfide) groups is 1. The van der Waals surface area contributed by atoms with Crippen LogP contribution in [0.3, 0.4) is 0 Å². The molecule has 0 spiro atoms. The molecule has 116 valence electrons. The van der Waals surface area contributed by atoms with Gasteiger partial charge in [-0.05, 0) is 65.1 Å². The van der Waals surface area contributed by atoms with Gasteiger partial charge in [-0.15, -0.1) is 11.3 Å². The topological polar surface area (TPSA) is 29.1 Å². The van der Waals surface area contributed by atoms with E-state index in [4.69, 9.17) is 0 Å². The first kappa shape index (κ1) is 15.9. The number of hydrogen-bond acceptors (Lipinski definition) is 3. The number of hydrogen-bond donors (Lipinski definition) is 1. The fraction of sp³-hybridized carbons (Fsp3) is 0.688. The molecular formula is C16H22BrNOS2. The zero-order valence-corrected chi connectivity index (χ0v) is 15.4. The predicted octanol–water partition coefficient (Wildman–Crippen LogP) is 4.69. The van der Waals surface area contributed by atoms with Crippen LogP contribution in [0.2, 0.25) is 0 Å². The average Bonchev–Trinajstić information content (AvgIpc) is 3.15. The van der Waals surface area contributed by atoms with E-state index >= 15 is 0 Å².